The largest absolute Gasteiger partial charge is 0.481 e. The number of carbonyl (C=O) groups is 2. The van der Waals surface area contributed by atoms with E-state index in [9.17, 15) is 9.59 Å². The van der Waals surface area contributed by atoms with Crippen LogP contribution < -0.4 is 11.1 Å². The molecule has 0 fully saturated rings. The van der Waals surface area contributed by atoms with Crippen LogP contribution in [0.15, 0.2) is 30.3 Å². The number of benzene rings is 1. The first-order valence-electron chi connectivity index (χ1n) is 5.87. The van der Waals surface area contributed by atoms with Gasteiger partial charge in [0.2, 0.25) is 5.91 Å². The molecular formula is C13H18N2O3. The van der Waals surface area contributed by atoms with Crippen LogP contribution in [-0.2, 0) is 9.59 Å². The predicted octanol–water partition coefficient (Wildman–Crippen LogP) is 1.06. The summed E-state index contributed by atoms with van der Waals surface area (Å²) in [6, 6.07) is 7.82. The predicted molar refractivity (Wildman–Crippen MR) is 67.8 cm³/mol. The Labute approximate surface area is 106 Å². The number of nitrogens with one attached hydrogen (secondary N) is 1. The van der Waals surface area contributed by atoms with Crippen LogP contribution in [0.3, 0.4) is 0 Å². The summed E-state index contributed by atoms with van der Waals surface area (Å²) < 4.78 is 0. The van der Waals surface area contributed by atoms with Crippen molar-refractivity contribution in [2.75, 3.05) is 0 Å². The Morgan fingerprint density at radius 2 is 1.94 bits per heavy atom. The van der Waals surface area contributed by atoms with E-state index in [2.05, 4.69) is 5.32 Å². The van der Waals surface area contributed by atoms with Crippen LogP contribution in [0, 0.1) is 0 Å². The highest BCUT2D eigenvalue weighted by molar-refractivity contribution is 5.83. The van der Waals surface area contributed by atoms with E-state index in [1.54, 1.807) is 24.3 Å². The smallest absolute Gasteiger partial charge is 0.305 e. The van der Waals surface area contributed by atoms with Crippen LogP contribution in [0.4, 0.5) is 0 Å². The normalized spacial score (nSPS) is 13.7. The monoisotopic (exact) mass is 250 g/mol. The Hall–Kier alpha value is -1.88. The average molecular weight is 250 g/mol. The van der Waals surface area contributed by atoms with Crippen molar-refractivity contribution in [1.29, 1.82) is 0 Å². The number of hydrogen-bond donors (Lipinski definition) is 3. The van der Waals surface area contributed by atoms with E-state index in [-0.39, 0.29) is 18.4 Å². The van der Waals surface area contributed by atoms with E-state index in [1.807, 2.05) is 13.0 Å². The molecule has 0 bridgehead atoms. The van der Waals surface area contributed by atoms with Gasteiger partial charge in [0.05, 0.1) is 6.42 Å². The van der Waals surface area contributed by atoms with Gasteiger partial charge in [-0.25, -0.2) is 0 Å². The maximum absolute atomic E-state index is 11.9. The highest BCUT2D eigenvalue weighted by Gasteiger charge is 2.19. The van der Waals surface area contributed by atoms with Crippen molar-refractivity contribution in [3.63, 3.8) is 0 Å². The third-order valence-electron chi connectivity index (χ3n) is 2.70. The Kier molecular flexibility index (Phi) is 5.32. The molecule has 0 radical (unpaired) electrons. The Morgan fingerprint density at radius 1 is 1.33 bits per heavy atom. The molecule has 0 spiro atoms. The molecule has 0 aliphatic heterocycles. The summed E-state index contributed by atoms with van der Waals surface area (Å²) in [5.74, 6) is -1.29. The SMILES string of the molecule is CCC(CC(=O)O)NC(=O)[C@@H](N)c1ccccc1. The van der Waals surface area contributed by atoms with Gasteiger partial charge in [0.15, 0.2) is 0 Å². The summed E-state index contributed by atoms with van der Waals surface area (Å²) >= 11 is 0. The summed E-state index contributed by atoms with van der Waals surface area (Å²) in [6.45, 7) is 1.82. The Bertz CT molecular complexity index is 406. The molecule has 98 valence electrons. The minimum atomic E-state index is -0.935. The number of carboxylic acids is 1. The number of aliphatic carboxylic acids is 1. The standard InChI is InChI=1S/C13H18N2O3/c1-2-10(8-11(16)17)15-13(18)12(14)9-6-4-3-5-7-9/h3-7,10,12H,2,8,14H2,1H3,(H,15,18)(H,16,17)/t10?,12-/m0/s1. The molecule has 0 saturated carbocycles. The molecule has 0 saturated heterocycles. The van der Waals surface area contributed by atoms with E-state index in [4.69, 9.17) is 10.8 Å². The van der Waals surface area contributed by atoms with Crippen LogP contribution in [0.25, 0.3) is 0 Å². The maximum atomic E-state index is 11.9. The van der Waals surface area contributed by atoms with Crippen molar-refractivity contribution >= 4 is 11.9 Å². The first kappa shape index (κ1) is 14.2. The van der Waals surface area contributed by atoms with Gasteiger partial charge in [-0.3, -0.25) is 9.59 Å². The Morgan fingerprint density at radius 3 is 2.44 bits per heavy atom. The van der Waals surface area contributed by atoms with Gasteiger partial charge in [0.1, 0.15) is 6.04 Å². The lowest BCUT2D eigenvalue weighted by Gasteiger charge is -2.18. The summed E-state index contributed by atoms with van der Waals surface area (Å²) in [7, 11) is 0. The molecule has 0 aliphatic carbocycles. The highest BCUT2D eigenvalue weighted by Crippen LogP contribution is 2.10. The van der Waals surface area contributed by atoms with Crippen LogP contribution in [0.2, 0.25) is 0 Å². The van der Waals surface area contributed by atoms with E-state index < -0.39 is 12.0 Å². The lowest BCUT2D eigenvalue weighted by molar-refractivity contribution is -0.137. The Balaban J connectivity index is 2.61. The third kappa shape index (κ3) is 4.18. The van der Waals surface area contributed by atoms with E-state index in [0.29, 0.717) is 12.0 Å². The zero-order chi connectivity index (χ0) is 13.5. The van der Waals surface area contributed by atoms with Gasteiger partial charge >= 0.3 is 5.97 Å². The van der Waals surface area contributed by atoms with Crippen LogP contribution in [0.5, 0.6) is 0 Å². The molecule has 0 heterocycles. The summed E-state index contributed by atoms with van der Waals surface area (Å²) in [4.78, 5) is 22.5. The van der Waals surface area contributed by atoms with Gasteiger partial charge < -0.3 is 16.2 Å². The zero-order valence-corrected chi connectivity index (χ0v) is 10.3. The van der Waals surface area contributed by atoms with E-state index in [1.165, 1.54) is 0 Å². The van der Waals surface area contributed by atoms with Crippen molar-refractivity contribution in [3.05, 3.63) is 35.9 Å². The second-order valence-electron chi connectivity index (χ2n) is 4.10. The molecular weight excluding hydrogens is 232 g/mol. The molecule has 1 unspecified atom stereocenters. The number of carbonyl (C=O) groups excluding carboxylic acids is 1. The molecule has 1 aromatic carbocycles. The molecule has 18 heavy (non-hydrogen) atoms. The molecule has 1 aromatic rings. The van der Waals surface area contributed by atoms with Crippen LogP contribution >= 0.6 is 0 Å². The molecule has 4 N–H and O–H groups in total. The van der Waals surface area contributed by atoms with Crippen molar-refractivity contribution < 1.29 is 14.7 Å². The molecule has 5 heteroatoms. The summed E-state index contributed by atoms with van der Waals surface area (Å²) in [5.41, 5.74) is 6.52. The molecule has 2 atom stereocenters. The maximum Gasteiger partial charge on any atom is 0.305 e. The van der Waals surface area contributed by atoms with Crippen molar-refractivity contribution in [2.45, 2.75) is 31.8 Å². The van der Waals surface area contributed by atoms with Crippen LogP contribution in [0.1, 0.15) is 31.4 Å². The molecule has 0 aromatic heterocycles. The highest BCUT2D eigenvalue weighted by atomic mass is 16.4. The van der Waals surface area contributed by atoms with Gasteiger partial charge in [-0.2, -0.15) is 0 Å². The lowest BCUT2D eigenvalue weighted by Crippen LogP contribution is -2.41. The van der Waals surface area contributed by atoms with Crippen molar-refractivity contribution in [3.8, 4) is 0 Å². The quantitative estimate of drug-likeness (QED) is 0.703. The number of nitrogens with two attached hydrogens (primary N) is 1. The molecule has 0 aliphatic rings. The number of hydrogen-bond acceptors (Lipinski definition) is 3. The lowest BCUT2D eigenvalue weighted by atomic mass is 10.1. The van der Waals surface area contributed by atoms with Crippen molar-refractivity contribution in [1.82, 2.24) is 5.32 Å². The second-order valence-corrected chi connectivity index (χ2v) is 4.10. The fraction of sp³-hybridized carbons (Fsp3) is 0.385. The number of amides is 1. The van der Waals surface area contributed by atoms with E-state index in [0.717, 1.165) is 0 Å². The second kappa shape index (κ2) is 6.76. The van der Waals surface area contributed by atoms with Gasteiger partial charge in [0, 0.05) is 6.04 Å². The number of carboxylic acid groups (broad SMARTS) is 1. The zero-order valence-electron chi connectivity index (χ0n) is 10.3. The van der Waals surface area contributed by atoms with Gasteiger partial charge in [-0.05, 0) is 12.0 Å². The molecule has 1 amide bonds. The van der Waals surface area contributed by atoms with E-state index >= 15 is 0 Å². The number of rotatable bonds is 6. The first-order valence-corrected chi connectivity index (χ1v) is 5.87. The van der Waals surface area contributed by atoms with Gasteiger partial charge in [0.25, 0.3) is 0 Å². The fourth-order valence-electron chi connectivity index (χ4n) is 1.61. The van der Waals surface area contributed by atoms with Gasteiger partial charge in [-0.15, -0.1) is 0 Å². The molecule has 5 nitrogen and oxygen atoms in total. The molecule has 1 rings (SSSR count). The summed E-state index contributed by atoms with van der Waals surface area (Å²) in [6.07, 6.45) is 0.462. The fourth-order valence-corrected chi connectivity index (χ4v) is 1.61. The minimum absolute atomic E-state index is 0.0935. The third-order valence-corrected chi connectivity index (χ3v) is 2.70. The van der Waals surface area contributed by atoms with Crippen molar-refractivity contribution in [2.24, 2.45) is 5.73 Å². The topological polar surface area (TPSA) is 92.4 Å². The average Bonchev–Trinajstić information content (AvgIpc) is 2.37. The summed E-state index contributed by atoms with van der Waals surface area (Å²) in [5, 5.41) is 11.4. The van der Waals surface area contributed by atoms with Gasteiger partial charge in [-0.1, -0.05) is 37.3 Å². The first-order chi connectivity index (χ1) is 8.54. The minimum Gasteiger partial charge on any atom is -0.481 e. The van der Waals surface area contributed by atoms with Crippen LogP contribution in [-0.4, -0.2) is 23.0 Å².